The van der Waals surface area contributed by atoms with Gasteiger partial charge in [-0.3, -0.25) is 19.8 Å². The molecule has 1 fully saturated rings. The van der Waals surface area contributed by atoms with Crippen LogP contribution in [0.5, 0.6) is 0 Å². The number of hydrogen-bond donors (Lipinski definition) is 4. The summed E-state index contributed by atoms with van der Waals surface area (Å²) >= 11 is 0. The highest BCUT2D eigenvalue weighted by molar-refractivity contribution is 5.95. The number of anilines is 1. The van der Waals surface area contributed by atoms with Crippen molar-refractivity contribution in [2.24, 2.45) is 0 Å². The minimum atomic E-state index is -0.320. The van der Waals surface area contributed by atoms with Gasteiger partial charge in [-0.05, 0) is 17.7 Å². The van der Waals surface area contributed by atoms with Crippen LogP contribution in [-0.2, 0) is 9.53 Å². The molecular weight excluding hydrogens is 272 g/mol. The van der Waals surface area contributed by atoms with E-state index in [0.717, 1.165) is 5.56 Å². The molecule has 2 aromatic rings. The van der Waals surface area contributed by atoms with Crippen LogP contribution in [0.15, 0.2) is 35.1 Å². The van der Waals surface area contributed by atoms with Crippen molar-refractivity contribution in [3.63, 3.8) is 0 Å². The highest BCUT2D eigenvalue weighted by atomic mass is 16.5. The number of aromatic nitrogens is 2. The van der Waals surface area contributed by atoms with Crippen LogP contribution in [0.25, 0.3) is 11.3 Å². The maximum Gasteiger partial charge on any atom is 0.264 e. The average Bonchev–Trinajstić information content (AvgIpc) is 2.95. The van der Waals surface area contributed by atoms with E-state index in [0.29, 0.717) is 31.1 Å². The van der Waals surface area contributed by atoms with Gasteiger partial charge < -0.3 is 15.4 Å². The summed E-state index contributed by atoms with van der Waals surface area (Å²) in [4.78, 5) is 23.1. The Morgan fingerprint density at radius 2 is 2.05 bits per heavy atom. The molecule has 1 aliphatic heterocycles. The first-order valence-corrected chi connectivity index (χ1v) is 6.72. The third-order valence-corrected chi connectivity index (χ3v) is 3.30. The van der Waals surface area contributed by atoms with Crippen molar-refractivity contribution in [1.82, 2.24) is 15.5 Å². The van der Waals surface area contributed by atoms with E-state index in [9.17, 15) is 9.59 Å². The molecule has 1 aromatic carbocycles. The van der Waals surface area contributed by atoms with Crippen molar-refractivity contribution in [2.75, 3.05) is 25.1 Å². The monoisotopic (exact) mass is 288 g/mol. The maximum absolute atomic E-state index is 12.0. The van der Waals surface area contributed by atoms with E-state index < -0.39 is 0 Å². The van der Waals surface area contributed by atoms with Gasteiger partial charge in [0.15, 0.2) is 0 Å². The molecule has 21 heavy (non-hydrogen) atoms. The second kappa shape index (κ2) is 5.94. The van der Waals surface area contributed by atoms with E-state index in [4.69, 9.17) is 4.74 Å². The molecule has 110 valence electrons. The summed E-state index contributed by atoms with van der Waals surface area (Å²) in [6.07, 6.45) is 0. The Kier molecular flexibility index (Phi) is 3.85. The minimum Gasteiger partial charge on any atom is -0.378 e. The van der Waals surface area contributed by atoms with Gasteiger partial charge in [-0.1, -0.05) is 12.1 Å². The van der Waals surface area contributed by atoms with Crippen LogP contribution in [0.2, 0.25) is 0 Å². The van der Waals surface area contributed by atoms with Gasteiger partial charge in [-0.15, -0.1) is 0 Å². The quantitative estimate of drug-likeness (QED) is 0.652. The summed E-state index contributed by atoms with van der Waals surface area (Å²) in [6, 6.07) is 8.42. The Labute approximate surface area is 120 Å². The highest BCUT2D eigenvalue weighted by Gasteiger charge is 2.20. The van der Waals surface area contributed by atoms with Gasteiger partial charge in [0.05, 0.1) is 18.9 Å². The van der Waals surface area contributed by atoms with E-state index in [1.165, 1.54) is 6.07 Å². The molecule has 0 spiro atoms. The van der Waals surface area contributed by atoms with Crippen molar-refractivity contribution in [3.8, 4) is 11.3 Å². The molecule has 0 saturated carbocycles. The standard InChI is InChI=1S/C14H16N4O3/c19-13-7-11(17-18-13)9-1-3-10(4-2-9)16-14(20)12-8-21-6-5-15-12/h1-4,7,12,15H,5-6,8H2,(H,16,20)(H2,17,18,19). The molecule has 0 aliphatic carbocycles. The summed E-state index contributed by atoms with van der Waals surface area (Å²) in [5, 5.41) is 11.2. The molecule has 1 unspecified atom stereocenters. The van der Waals surface area contributed by atoms with Crippen molar-refractivity contribution < 1.29 is 9.53 Å². The molecule has 1 atom stereocenters. The predicted octanol–water partition coefficient (Wildman–Crippen LogP) is 0.297. The first kappa shape index (κ1) is 13.6. The highest BCUT2D eigenvalue weighted by Crippen LogP contribution is 2.18. The molecule has 0 radical (unpaired) electrons. The number of ether oxygens (including phenoxy) is 1. The minimum absolute atomic E-state index is 0.113. The summed E-state index contributed by atoms with van der Waals surface area (Å²) < 4.78 is 5.26. The number of carbonyl (C=O) groups is 1. The second-order valence-electron chi connectivity index (χ2n) is 4.82. The third kappa shape index (κ3) is 3.21. The number of rotatable bonds is 3. The number of H-pyrrole nitrogens is 2. The van der Waals surface area contributed by atoms with E-state index in [2.05, 4.69) is 20.8 Å². The van der Waals surface area contributed by atoms with Gasteiger partial charge in [0.2, 0.25) is 5.91 Å². The lowest BCUT2D eigenvalue weighted by molar-refractivity contribution is -0.120. The van der Waals surface area contributed by atoms with Gasteiger partial charge in [0.1, 0.15) is 6.04 Å². The Morgan fingerprint density at radius 1 is 1.24 bits per heavy atom. The zero-order valence-electron chi connectivity index (χ0n) is 11.3. The van der Waals surface area contributed by atoms with E-state index >= 15 is 0 Å². The van der Waals surface area contributed by atoms with Crippen molar-refractivity contribution >= 4 is 11.6 Å². The van der Waals surface area contributed by atoms with Crippen LogP contribution in [-0.4, -0.2) is 41.9 Å². The topological polar surface area (TPSA) is 99.0 Å². The van der Waals surface area contributed by atoms with Crippen LogP contribution in [0, 0.1) is 0 Å². The van der Waals surface area contributed by atoms with Crippen molar-refractivity contribution in [3.05, 3.63) is 40.7 Å². The number of amides is 1. The average molecular weight is 288 g/mol. The molecule has 1 saturated heterocycles. The number of morpholine rings is 1. The summed E-state index contributed by atoms with van der Waals surface area (Å²) in [5.74, 6) is -0.113. The fraction of sp³-hybridized carbons (Fsp3) is 0.286. The molecule has 1 aromatic heterocycles. The normalized spacial score (nSPS) is 18.4. The van der Waals surface area contributed by atoms with Crippen molar-refractivity contribution in [2.45, 2.75) is 6.04 Å². The smallest absolute Gasteiger partial charge is 0.264 e. The van der Waals surface area contributed by atoms with Gasteiger partial charge >= 0.3 is 0 Å². The SMILES string of the molecule is O=C(Nc1ccc(-c2cc(=O)[nH][nH]2)cc1)C1COCCN1. The first-order chi connectivity index (χ1) is 10.2. The first-order valence-electron chi connectivity index (χ1n) is 6.72. The molecule has 7 nitrogen and oxygen atoms in total. The molecule has 2 heterocycles. The predicted molar refractivity (Wildman–Crippen MR) is 78.1 cm³/mol. The lowest BCUT2D eigenvalue weighted by Gasteiger charge is -2.22. The molecular formula is C14H16N4O3. The zero-order chi connectivity index (χ0) is 14.7. The largest absolute Gasteiger partial charge is 0.378 e. The maximum atomic E-state index is 12.0. The number of aromatic amines is 2. The van der Waals surface area contributed by atoms with E-state index in [1.807, 2.05) is 12.1 Å². The van der Waals surface area contributed by atoms with Gasteiger partial charge in [0, 0.05) is 18.3 Å². The summed E-state index contributed by atoms with van der Waals surface area (Å²) in [6.45, 7) is 1.69. The van der Waals surface area contributed by atoms with Crippen LogP contribution in [0.4, 0.5) is 5.69 Å². The van der Waals surface area contributed by atoms with E-state index in [-0.39, 0.29) is 17.5 Å². The number of benzene rings is 1. The Bertz CT molecular complexity index is 668. The van der Waals surface area contributed by atoms with Crippen LogP contribution in [0.1, 0.15) is 0 Å². The summed E-state index contributed by atoms with van der Waals surface area (Å²) in [5.41, 5.74) is 2.10. The molecule has 1 aliphatic rings. The Hall–Kier alpha value is -2.38. The van der Waals surface area contributed by atoms with Crippen LogP contribution >= 0.6 is 0 Å². The molecule has 4 N–H and O–H groups in total. The van der Waals surface area contributed by atoms with Gasteiger partial charge in [0.25, 0.3) is 5.56 Å². The van der Waals surface area contributed by atoms with E-state index in [1.54, 1.807) is 12.1 Å². The molecule has 1 amide bonds. The van der Waals surface area contributed by atoms with Crippen molar-refractivity contribution in [1.29, 1.82) is 0 Å². The number of carbonyl (C=O) groups excluding carboxylic acids is 1. The van der Waals surface area contributed by atoms with Gasteiger partial charge in [-0.2, -0.15) is 0 Å². The Morgan fingerprint density at radius 3 is 2.67 bits per heavy atom. The lowest BCUT2D eigenvalue weighted by atomic mass is 10.1. The number of nitrogens with one attached hydrogen (secondary N) is 4. The Balaban J connectivity index is 1.66. The molecule has 3 rings (SSSR count). The van der Waals surface area contributed by atoms with Gasteiger partial charge in [-0.25, -0.2) is 0 Å². The fourth-order valence-electron chi connectivity index (χ4n) is 2.18. The summed E-state index contributed by atoms with van der Waals surface area (Å²) in [7, 11) is 0. The van der Waals surface area contributed by atoms with Crippen LogP contribution in [0.3, 0.4) is 0 Å². The molecule has 0 bridgehead atoms. The zero-order valence-corrected chi connectivity index (χ0v) is 11.3. The molecule has 7 heteroatoms. The third-order valence-electron chi connectivity index (χ3n) is 3.30. The fourth-order valence-corrected chi connectivity index (χ4v) is 2.18. The second-order valence-corrected chi connectivity index (χ2v) is 4.82. The lowest BCUT2D eigenvalue weighted by Crippen LogP contribution is -2.48. The number of hydrogen-bond acceptors (Lipinski definition) is 4. The van der Waals surface area contributed by atoms with Crippen LogP contribution < -0.4 is 16.2 Å².